The molecule has 1 atom stereocenters. The maximum atomic E-state index is 13.2. The topological polar surface area (TPSA) is 38.1 Å². The molecule has 33 heavy (non-hydrogen) atoms. The number of aryl methyl sites for hydroxylation is 2. The Morgan fingerprint density at radius 2 is 1.73 bits per heavy atom. The van der Waals surface area contributed by atoms with Crippen LogP contribution in [-0.4, -0.2) is 22.0 Å². The van der Waals surface area contributed by atoms with Crippen molar-refractivity contribution in [2.45, 2.75) is 32.7 Å². The molecular formula is C29H29N3O. The third-order valence-electron chi connectivity index (χ3n) is 6.60. The highest BCUT2D eigenvalue weighted by molar-refractivity contribution is 5.97. The fourth-order valence-electron chi connectivity index (χ4n) is 4.66. The summed E-state index contributed by atoms with van der Waals surface area (Å²) in [4.78, 5) is 19.6. The van der Waals surface area contributed by atoms with Crippen molar-refractivity contribution in [3.63, 3.8) is 0 Å². The molecule has 1 aliphatic heterocycles. The molecule has 0 radical (unpaired) electrons. The summed E-state index contributed by atoms with van der Waals surface area (Å²) in [6.07, 6.45) is 6.45. The number of hydrogen-bond acceptors (Lipinski definition) is 2. The third kappa shape index (κ3) is 4.75. The van der Waals surface area contributed by atoms with Gasteiger partial charge in [0.15, 0.2) is 0 Å². The van der Waals surface area contributed by atoms with Gasteiger partial charge in [0.05, 0.1) is 6.33 Å². The lowest BCUT2D eigenvalue weighted by molar-refractivity contribution is -0.120. The van der Waals surface area contributed by atoms with E-state index in [0.717, 1.165) is 43.6 Å². The van der Waals surface area contributed by atoms with E-state index in [0.29, 0.717) is 0 Å². The van der Waals surface area contributed by atoms with Crippen molar-refractivity contribution in [1.29, 1.82) is 0 Å². The lowest BCUT2D eigenvalue weighted by atomic mass is 10.0. The fraction of sp³-hybridized carbons (Fsp3) is 0.241. The first-order valence-electron chi connectivity index (χ1n) is 11.7. The standard InChI is InChI=1S/C29H29N3O/c1-22-10-12-23(13-11-22)20-31-21-30-19-28(31)15-14-25-16-17-32(29(25)33)27-9-5-8-26(18-27)24-6-3-2-4-7-24/h2-13,18-19,21,25H,14-17,20H2,1H3/t25-/m0/s1. The maximum Gasteiger partial charge on any atom is 0.230 e. The molecule has 0 unspecified atom stereocenters. The first-order chi connectivity index (χ1) is 16.2. The van der Waals surface area contributed by atoms with Crippen LogP contribution in [0.15, 0.2) is 91.4 Å². The van der Waals surface area contributed by atoms with Crippen molar-refractivity contribution in [3.05, 3.63) is 108 Å². The Hall–Kier alpha value is -3.66. The van der Waals surface area contributed by atoms with Crippen molar-refractivity contribution < 1.29 is 4.79 Å². The highest BCUT2D eigenvalue weighted by Crippen LogP contribution is 2.31. The van der Waals surface area contributed by atoms with E-state index in [4.69, 9.17) is 0 Å². The van der Waals surface area contributed by atoms with E-state index >= 15 is 0 Å². The van der Waals surface area contributed by atoms with Crippen LogP contribution >= 0.6 is 0 Å². The van der Waals surface area contributed by atoms with Gasteiger partial charge >= 0.3 is 0 Å². The quantitative estimate of drug-likeness (QED) is 0.363. The summed E-state index contributed by atoms with van der Waals surface area (Å²) >= 11 is 0. The molecule has 1 aromatic heterocycles. The number of benzene rings is 3. The van der Waals surface area contributed by atoms with Gasteiger partial charge in [-0.15, -0.1) is 0 Å². The molecule has 3 aromatic carbocycles. The summed E-state index contributed by atoms with van der Waals surface area (Å²) in [6, 6.07) is 27.3. The SMILES string of the molecule is Cc1ccc(Cn2cncc2CC[C@H]2CCN(c3cccc(-c4ccccc4)c3)C2=O)cc1. The van der Waals surface area contributed by atoms with Gasteiger partial charge in [-0.25, -0.2) is 4.98 Å². The van der Waals surface area contributed by atoms with Crippen molar-refractivity contribution >= 4 is 11.6 Å². The average molecular weight is 436 g/mol. The van der Waals surface area contributed by atoms with Crippen LogP contribution in [0.2, 0.25) is 0 Å². The lowest BCUT2D eigenvalue weighted by Gasteiger charge is -2.18. The van der Waals surface area contributed by atoms with E-state index in [2.05, 4.69) is 65.0 Å². The minimum absolute atomic E-state index is 0.0631. The average Bonchev–Trinajstić information content (AvgIpc) is 3.45. The number of aromatic nitrogens is 2. The molecule has 1 saturated heterocycles. The molecule has 0 N–H and O–H groups in total. The highest BCUT2D eigenvalue weighted by atomic mass is 16.2. The van der Waals surface area contributed by atoms with Crippen LogP contribution < -0.4 is 4.90 Å². The van der Waals surface area contributed by atoms with E-state index < -0.39 is 0 Å². The molecule has 1 aliphatic rings. The van der Waals surface area contributed by atoms with Crippen LogP contribution in [0.5, 0.6) is 0 Å². The first-order valence-corrected chi connectivity index (χ1v) is 11.7. The second kappa shape index (κ2) is 9.45. The Morgan fingerprint density at radius 3 is 2.55 bits per heavy atom. The summed E-state index contributed by atoms with van der Waals surface area (Å²) in [6.45, 7) is 3.70. The van der Waals surface area contributed by atoms with Gasteiger partial charge in [0, 0.05) is 36.6 Å². The zero-order valence-corrected chi connectivity index (χ0v) is 19.0. The van der Waals surface area contributed by atoms with Crippen LogP contribution in [0.4, 0.5) is 5.69 Å². The molecule has 4 aromatic rings. The maximum absolute atomic E-state index is 13.2. The van der Waals surface area contributed by atoms with Gasteiger partial charge in [-0.1, -0.05) is 72.3 Å². The Balaban J connectivity index is 1.23. The second-order valence-electron chi connectivity index (χ2n) is 8.93. The number of anilines is 1. The Kier molecular flexibility index (Phi) is 6.07. The van der Waals surface area contributed by atoms with Crippen molar-refractivity contribution in [1.82, 2.24) is 9.55 Å². The summed E-state index contributed by atoms with van der Waals surface area (Å²) in [5.74, 6) is 0.304. The van der Waals surface area contributed by atoms with Crippen molar-refractivity contribution in [2.24, 2.45) is 5.92 Å². The first kappa shape index (κ1) is 21.2. The lowest BCUT2D eigenvalue weighted by Crippen LogP contribution is -2.27. The largest absolute Gasteiger partial charge is 0.330 e. The van der Waals surface area contributed by atoms with Gasteiger partial charge in [0.2, 0.25) is 5.91 Å². The Morgan fingerprint density at radius 1 is 0.939 bits per heavy atom. The van der Waals surface area contributed by atoms with Gasteiger partial charge in [-0.05, 0) is 55.0 Å². The molecule has 4 heteroatoms. The van der Waals surface area contributed by atoms with Crippen LogP contribution in [0.3, 0.4) is 0 Å². The van der Waals surface area contributed by atoms with Crippen LogP contribution in [0.1, 0.15) is 29.7 Å². The van der Waals surface area contributed by atoms with Crippen LogP contribution in [0, 0.1) is 12.8 Å². The summed E-state index contributed by atoms with van der Waals surface area (Å²) in [7, 11) is 0. The number of amides is 1. The predicted molar refractivity (Wildman–Crippen MR) is 133 cm³/mol. The number of imidazole rings is 1. The van der Waals surface area contributed by atoms with E-state index in [1.165, 1.54) is 22.4 Å². The van der Waals surface area contributed by atoms with Crippen molar-refractivity contribution in [3.8, 4) is 11.1 Å². The third-order valence-corrected chi connectivity index (χ3v) is 6.60. The van der Waals surface area contributed by atoms with Gasteiger partial charge in [0.25, 0.3) is 0 Å². The number of carbonyl (C=O) groups is 1. The Labute approximate surface area is 195 Å². The van der Waals surface area contributed by atoms with E-state index in [-0.39, 0.29) is 11.8 Å². The van der Waals surface area contributed by atoms with Crippen LogP contribution in [0.25, 0.3) is 11.1 Å². The Bertz CT molecular complexity index is 1230. The fourth-order valence-corrected chi connectivity index (χ4v) is 4.66. The summed E-state index contributed by atoms with van der Waals surface area (Å²) in [5, 5.41) is 0. The monoisotopic (exact) mass is 435 g/mol. The van der Waals surface area contributed by atoms with E-state index in [9.17, 15) is 4.79 Å². The molecule has 1 fully saturated rings. The molecule has 0 bridgehead atoms. The van der Waals surface area contributed by atoms with Gasteiger partial charge in [-0.3, -0.25) is 4.79 Å². The predicted octanol–water partition coefficient (Wildman–Crippen LogP) is 5.89. The minimum atomic E-state index is 0.0631. The number of hydrogen-bond donors (Lipinski definition) is 0. The van der Waals surface area contributed by atoms with Gasteiger partial charge in [-0.2, -0.15) is 0 Å². The van der Waals surface area contributed by atoms with Gasteiger partial charge in [0.1, 0.15) is 0 Å². The number of rotatable bonds is 7. The van der Waals surface area contributed by atoms with Crippen LogP contribution in [-0.2, 0) is 17.8 Å². The molecule has 4 nitrogen and oxygen atoms in total. The summed E-state index contributed by atoms with van der Waals surface area (Å²) < 4.78 is 2.20. The zero-order valence-electron chi connectivity index (χ0n) is 19.0. The molecule has 5 rings (SSSR count). The molecule has 1 amide bonds. The highest BCUT2D eigenvalue weighted by Gasteiger charge is 2.32. The second-order valence-corrected chi connectivity index (χ2v) is 8.93. The van der Waals surface area contributed by atoms with Crippen molar-refractivity contribution in [2.75, 3.05) is 11.4 Å². The molecule has 0 aliphatic carbocycles. The van der Waals surface area contributed by atoms with Gasteiger partial charge < -0.3 is 9.47 Å². The molecule has 0 spiro atoms. The number of carbonyl (C=O) groups excluding carboxylic acids is 1. The summed E-state index contributed by atoms with van der Waals surface area (Å²) in [5.41, 5.74) is 7.03. The zero-order chi connectivity index (χ0) is 22.6. The van der Waals surface area contributed by atoms with E-state index in [1.54, 1.807) is 0 Å². The molecular weight excluding hydrogens is 406 g/mol. The van der Waals surface area contributed by atoms with E-state index in [1.807, 2.05) is 47.8 Å². The number of nitrogens with zero attached hydrogens (tertiary/aromatic N) is 3. The molecule has 0 saturated carbocycles. The molecule has 2 heterocycles. The minimum Gasteiger partial charge on any atom is -0.330 e. The molecule has 166 valence electrons. The smallest absolute Gasteiger partial charge is 0.230 e. The normalized spacial score (nSPS) is 15.8.